The second kappa shape index (κ2) is 7.17. The van der Waals surface area contributed by atoms with E-state index in [9.17, 15) is 0 Å². The van der Waals surface area contributed by atoms with Crippen molar-refractivity contribution in [2.45, 2.75) is 0 Å². The van der Waals surface area contributed by atoms with E-state index in [4.69, 9.17) is 20.9 Å². The van der Waals surface area contributed by atoms with E-state index in [0.29, 0.717) is 22.1 Å². The SMILES string of the molecule is C1COCCO1.Nc1nc(-n2cccn2)nc(N)c1Br. The van der Waals surface area contributed by atoms with Crippen LogP contribution in [0, 0.1) is 0 Å². The molecule has 1 fully saturated rings. The molecule has 0 bridgehead atoms. The van der Waals surface area contributed by atoms with E-state index >= 15 is 0 Å². The molecule has 1 aliphatic heterocycles. The summed E-state index contributed by atoms with van der Waals surface area (Å²) in [7, 11) is 0. The molecule has 4 N–H and O–H groups in total. The Morgan fingerprint density at radius 3 is 2.00 bits per heavy atom. The minimum Gasteiger partial charge on any atom is -0.383 e. The first-order valence-corrected chi connectivity index (χ1v) is 6.72. The van der Waals surface area contributed by atoms with Crippen LogP contribution in [0.1, 0.15) is 0 Å². The molecular weight excluding hydrogens is 328 g/mol. The molecule has 8 nitrogen and oxygen atoms in total. The standard InChI is InChI=1S/C7H7BrN6.C4H8O2/c8-4-5(9)12-7(13-6(4)10)14-3-1-2-11-14;1-2-6-4-3-5-1/h1-3H,(H4,9,10,12,13);1-4H2. The van der Waals surface area contributed by atoms with Gasteiger partial charge < -0.3 is 20.9 Å². The summed E-state index contributed by atoms with van der Waals surface area (Å²) in [6.07, 6.45) is 3.33. The van der Waals surface area contributed by atoms with E-state index in [2.05, 4.69) is 31.0 Å². The number of nitrogen functional groups attached to an aromatic ring is 2. The Labute approximate surface area is 124 Å². The van der Waals surface area contributed by atoms with Gasteiger partial charge in [0.15, 0.2) is 0 Å². The van der Waals surface area contributed by atoms with Crippen molar-refractivity contribution < 1.29 is 9.47 Å². The van der Waals surface area contributed by atoms with Gasteiger partial charge in [-0.2, -0.15) is 15.1 Å². The summed E-state index contributed by atoms with van der Waals surface area (Å²) < 4.78 is 11.9. The summed E-state index contributed by atoms with van der Waals surface area (Å²) in [5, 5.41) is 3.96. The van der Waals surface area contributed by atoms with Crippen LogP contribution < -0.4 is 11.5 Å². The first kappa shape index (κ1) is 14.7. The largest absolute Gasteiger partial charge is 0.383 e. The van der Waals surface area contributed by atoms with Crippen molar-refractivity contribution in [3.8, 4) is 5.95 Å². The molecule has 1 saturated heterocycles. The van der Waals surface area contributed by atoms with Crippen LogP contribution in [0.2, 0.25) is 0 Å². The molecule has 3 heterocycles. The predicted molar refractivity (Wildman–Crippen MR) is 77.3 cm³/mol. The third kappa shape index (κ3) is 3.89. The van der Waals surface area contributed by atoms with Gasteiger partial charge in [0.05, 0.1) is 26.4 Å². The van der Waals surface area contributed by atoms with Crippen LogP contribution in [0.3, 0.4) is 0 Å². The molecule has 20 heavy (non-hydrogen) atoms. The highest BCUT2D eigenvalue weighted by Gasteiger charge is 2.08. The zero-order chi connectivity index (χ0) is 14.4. The molecule has 0 amide bonds. The van der Waals surface area contributed by atoms with Gasteiger partial charge in [-0.1, -0.05) is 0 Å². The highest BCUT2D eigenvalue weighted by molar-refractivity contribution is 9.10. The lowest BCUT2D eigenvalue weighted by Gasteiger charge is -2.09. The van der Waals surface area contributed by atoms with Gasteiger partial charge in [-0.3, -0.25) is 0 Å². The Balaban J connectivity index is 0.000000205. The normalized spacial score (nSPS) is 14.4. The quantitative estimate of drug-likeness (QED) is 0.780. The molecule has 0 unspecified atom stereocenters. The van der Waals surface area contributed by atoms with Crippen LogP contribution in [-0.2, 0) is 9.47 Å². The van der Waals surface area contributed by atoms with Gasteiger partial charge in [0.2, 0.25) is 0 Å². The molecule has 2 aromatic heterocycles. The van der Waals surface area contributed by atoms with Gasteiger partial charge in [-0.15, -0.1) is 0 Å². The predicted octanol–water partition coefficient (Wildman–Crippen LogP) is 0.622. The van der Waals surface area contributed by atoms with Crippen LogP contribution in [0.25, 0.3) is 5.95 Å². The molecule has 0 spiro atoms. The zero-order valence-corrected chi connectivity index (χ0v) is 12.3. The maximum absolute atomic E-state index is 5.61. The molecule has 1 aliphatic rings. The maximum Gasteiger partial charge on any atom is 0.254 e. The first-order valence-electron chi connectivity index (χ1n) is 5.92. The molecule has 0 aliphatic carbocycles. The van der Waals surface area contributed by atoms with Gasteiger partial charge >= 0.3 is 0 Å². The van der Waals surface area contributed by atoms with E-state index in [-0.39, 0.29) is 0 Å². The summed E-state index contributed by atoms with van der Waals surface area (Å²) in [5.74, 6) is 0.944. The molecule has 108 valence electrons. The van der Waals surface area contributed by atoms with E-state index in [0.717, 1.165) is 26.4 Å². The number of nitrogens with zero attached hydrogens (tertiary/aromatic N) is 4. The fourth-order valence-electron chi connectivity index (χ4n) is 1.40. The van der Waals surface area contributed by atoms with Gasteiger partial charge in [-0.05, 0) is 22.0 Å². The number of ether oxygens (including phenoxy) is 2. The van der Waals surface area contributed by atoms with E-state index in [1.165, 1.54) is 4.68 Å². The third-order valence-corrected chi connectivity index (χ3v) is 3.16. The van der Waals surface area contributed by atoms with Gasteiger partial charge in [-0.25, -0.2) is 4.68 Å². The molecule has 9 heteroatoms. The van der Waals surface area contributed by atoms with E-state index < -0.39 is 0 Å². The number of nitrogens with two attached hydrogens (primary N) is 2. The highest BCUT2D eigenvalue weighted by Crippen LogP contribution is 2.23. The Morgan fingerprint density at radius 2 is 1.60 bits per heavy atom. The van der Waals surface area contributed by atoms with Crippen LogP contribution in [0.4, 0.5) is 11.6 Å². The van der Waals surface area contributed by atoms with Crippen molar-refractivity contribution in [2.24, 2.45) is 0 Å². The molecule has 0 saturated carbocycles. The van der Waals surface area contributed by atoms with Crippen molar-refractivity contribution in [3.05, 3.63) is 22.9 Å². The van der Waals surface area contributed by atoms with Crippen molar-refractivity contribution in [1.29, 1.82) is 0 Å². The lowest BCUT2D eigenvalue weighted by atomic mass is 10.5. The van der Waals surface area contributed by atoms with Crippen molar-refractivity contribution in [3.63, 3.8) is 0 Å². The summed E-state index contributed by atoms with van der Waals surface area (Å²) >= 11 is 3.17. The molecule has 0 radical (unpaired) electrons. The lowest BCUT2D eigenvalue weighted by Crippen LogP contribution is -2.16. The van der Waals surface area contributed by atoms with E-state index in [1.807, 2.05) is 0 Å². The fraction of sp³-hybridized carbons (Fsp3) is 0.364. The van der Waals surface area contributed by atoms with Gasteiger partial charge in [0.25, 0.3) is 5.95 Å². The average molecular weight is 343 g/mol. The van der Waals surface area contributed by atoms with Crippen molar-refractivity contribution >= 4 is 27.6 Å². The molecule has 2 aromatic rings. The second-order valence-electron chi connectivity index (χ2n) is 3.78. The van der Waals surface area contributed by atoms with Crippen LogP contribution in [0.15, 0.2) is 22.9 Å². The summed E-state index contributed by atoms with van der Waals surface area (Å²) in [5.41, 5.74) is 11.2. The Kier molecular flexibility index (Phi) is 5.27. The Bertz CT molecular complexity index is 509. The Hall–Kier alpha value is -1.71. The van der Waals surface area contributed by atoms with Crippen LogP contribution in [0.5, 0.6) is 0 Å². The summed E-state index contributed by atoms with van der Waals surface area (Å²) in [4.78, 5) is 8.03. The van der Waals surface area contributed by atoms with Crippen molar-refractivity contribution in [1.82, 2.24) is 19.7 Å². The number of rotatable bonds is 1. The molecule has 0 atom stereocenters. The topological polar surface area (TPSA) is 114 Å². The first-order chi connectivity index (χ1) is 9.68. The second-order valence-corrected chi connectivity index (χ2v) is 4.58. The number of hydrogen-bond acceptors (Lipinski definition) is 7. The maximum atomic E-state index is 5.61. The lowest BCUT2D eigenvalue weighted by molar-refractivity contribution is -0.0334. The van der Waals surface area contributed by atoms with Gasteiger partial charge in [0.1, 0.15) is 16.1 Å². The minimum absolute atomic E-state index is 0.294. The van der Waals surface area contributed by atoms with Crippen molar-refractivity contribution in [2.75, 3.05) is 37.9 Å². The monoisotopic (exact) mass is 342 g/mol. The van der Waals surface area contributed by atoms with E-state index in [1.54, 1.807) is 18.5 Å². The summed E-state index contributed by atoms with van der Waals surface area (Å²) in [6, 6.07) is 1.76. The number of halogens is 1. The number of hydrogen-bond donors (Lipinski definition) is 2. The van der Waals surface area contributed by atoms with Crippen LogP contribution >= 0.6 is 15.9 Å². The molecule has 3 rings (SSSR count). The average Bonchev–Trinajstić information content (AvgIpc) is 3.01. The summed E-state index contributed by atoms with van der Waals surface area (Å²) in [6.45, 7) is 3.11. The zero-order valence-electron chi connectivity index (χ0n) is 10.7. The molecule has 0 aromatic carbocycles. The fourth-order valence-corrected chi connectivity index (χ4v) is 1.58. The molecular formula is C11H15BrN6O2. The number of anilines is 2. The number of aromatic nitrogens is 4. The third-order valence-electron chi connectivity index (χ3n) is 2.34. The highest BCUT2D eigenvalue weighted by atomic mass is 79.9. The minimum atomic E-state index is 0.294. The Morgan fingerprint density at radius 1 is 1.05 bits per heavy atom. The smallest absolute Gasteiger partial charge is 0.254 e. The van der Waals surface area contributed by atoms with Crippen LogP contribution in [-0.4, -0.2) is 46.2 Å². The van der Waals surface area contributed by atoms with Gasteiger partial charge in [0, 0.05) is 12.4 Å².